The number of aromatic amines is 1. The number of pyridine rings is 2. The van der Waals surface area contributed by atoms with E-state index in [1.54, 1.807) is 18.5 Å². The monoisotopic (exact) mass is 455 g/mol. The number of carboxylic acids is 2. The lowest BCUT2D eigenvalue weighted by molar-refractivity contribution is -0.193. The topological polar surface area (TPSA) is 146 Å². The van der Waals surface area contributed by atoms with Crippen LogP contribution in [-0.2, 0) is 15.1 Å². The summed E-state index contributed by atoms with van der Waals surface area (Å²) in [4.78, 5) is 35.8. The average Bonchev–Trinajstić information content (AvgIpc) is 3.41. The minimum Gasteiger partial charge on any atom is -0.475 e. The average molecular weight is 455 g/mol. The number of carbonyl (C=O) groups is 2. The standard InChI is InChI=1S/C13H13N3O.2C2HF3O2/c14-13(5-6-13)11-3-1-9(7-15-11)10-2-4-12(17)16-8-10;2*3-2(4,5)1(6)7/h1-4,7-8H,5-6,14H2,(H,16,17);2*(H,6,7). The molecule has 1 saturated carbocycles. The van der Waals surface area contributed by atoms with E-state index in [0.717, 1.165) is 29.7 Å². The predicted octanol–water partition coefficient (Wildman–Crippen LogP) is 2.65. The van der Waals surface area contributed by atoms with Gasteiger partial charge in [-0.3, -0.25) is 9.78 Å². The van der Waals surface area contributed by atoms with Crippen molar-refractivity contribution in [3.63, 3.8) is 0 Å². The second kappa shape index (κ2) is 9.59. The lowest BCUT2D eigenvalue weighted by Gasteiger charge is -2.08. The minimum absolute atomic E-state index is 0.0998. The first-order chi connectivity index (χ1) is 14.1. The fraction of sp³-hybridized carbons (Fsp3) is 0.294. The molecular formula is C17H15F6N3O5. The fourth-order valence-corrected chi connectivity index (χ4v) is 1.84. The van der Waals surface area contributed by atoms with Crippen LogP contribution in [0.4, 0.5) is 26.3 Å². The number of aromatic nitrogens is 2. The van der Waals surface area contributed by atoms with Crippen molar-refractivity contribution in [3.05, 3.63) is 52.7 Å². The molecule has 0 atom stereocenters. The number of alkyl halides is 6. The maximum atomic E-state index is 11.0. The molecule has 170 valence electrons. The van der Waals surface area contributed by atoms with E-state index < -0.39 is 24.3 Å². The summed E-state index contributed by atoms with van der Waals surface area (Å²) in [6.07, 6.45) is -4.65. The first-order valence-corrected chi connectivity index (χ1v) is 8.11. The van der Waals surface area contributed by atoms with Crippen molar-refractivity contribution in [3.8, 4) is 11.1 Å². The van der Waals surface area contributed by atoms with E-state index in [4.69, 9.17) is 25.5 Å². The van der Waals surface area contributed by atoms with Gasteiger partial charge in [0.15, 0.2) is 0 Å². The van der Waals surface area contributed by atoms with Crippen LogP contribution >= 0.6 is 0 Å². The van der Waals surface area contributed by atoms with E-state index in [2.05, 4.69) is 9.97 Å². The van der Waals surface area contributed by atoms with Gasteiger partial charge in [-0.25, -0.2) is 9.59 Å². The molecule has 1 aliphatic carbocycles. The van der Waals surface area contributed by atoms with Gasteiger partial charge >= 0.3 is 24.3 Å². The predicted molar refractivity (Wildman–Crippen MR) is 92.8 cm³/mol. The van der Waals surface area contributed by atoms with E-state index in [0.29, 0.717) is 0 Å². The minimum atomic E-state index is -5.08. The van der Waals surface area contributed by atoms with Gasteiger partial charge in [0.25, 0.3) is 0 Å². The second-order valence-corrected chi connectivity index (χ2v) is 6.14. The van der Waals surface area contributed by atoms with Crippen molar-refractivity contribution in [1.82, 2.24) is 9.97 Å². The van der Waals surface area contributed by atoms with E-state index >= 15 is 0 Å². The van der Waals surface area contributed by atoms with Gasteiger partial charge in [0.2, 0.25) is 5.56 Å². The van der Waals surface area contributed by atoms with Gasteiger partial charge in [-0.2, -0.15) is 26.3 Å². The van der Waals surface area contributed by atoms with Crippen molar-refractivity contribution in [1.29, 1.82) is 0 Å². The van der Waals surface area contributed by atoms with E-state index in [1.165, 1.54) is 6.07 Å². The highest BCUT2D eigenvalue weighted by atomic mass is 19.4. The molecule has 0 bridgehead atoms. The van der Waals surface area contributed by atoms with Crippen molar-refractivity contribution in [2.24, 2.45) is 5.73 Å². The van der Waals surface area contributed by atoms with E-state index in [1.807, 2.05) is 12.1 Å². The molecular weight excluding hydrogens is 440 g/mol. The summed E-state index contributed by atoms with van der Waals surface area (Å²) in [6, 6.07) is 7.25. The normalized spacial score (nSPS) is 14.3. The van der Waals surface area contributed by atoms with Crippen molar-refractivity contribution < 1.29 is 46.1 Å². The summed E-state index contributed by atoms with van der Waals surface area (Å²) in [5.41, 5.74) is 8.66. The summed E-state index contributed by atoms with van der Waals surface area (Å²) in [7, 11) is 0. The molecule has 2 aromatic heterocycles. The zero-order chi connectivity index (χ0) is 24.0. The lowest BCUT2D eigenvalue weighted by atomic mass is 10.1. The Bertz CT molecular complexity index is 921. The van der Waals surface area contributed by atoms with Gasteiger partial charge in [0.1, 0.15) is 0 Å². The largest absolute Gasteiger partial charge is 0.490 e. The van der Waals surface area contributed by atoms with Gasteiger partial charge in [0, 0.05) is 24.0 Å². The third-order valence-electron chi connectivity index (χ3n) is 3.66. The van der Waals surface area contributed by atoms with Crippen LogP contribution in [0.2, 0.25) is 0 Å². The molecule has 0 saturated heterocycles. The maximum Gasteiger partial charge on any atom is 0.490 e. The van der Waals surface area contributed by atoms with Crippen LogP contribution in [0, 0.1) is 0 Å². The summed E-state index contributed by atoms with van der Waals surface area (Å²) in [5.74, 6) is -5.51. The van der Waals surface area contributed by atoms with Crippen molar-refractivity contribution in [2.45, 2.75) is 30.7 Å². The Kier molecular flexibility index (Phi) is 7.93. The Hall–Kier alpha value is -3.42. The molecule has 31 heavy (non-hydrogen) atoms. The Morgan fingerprint density at radius 1 is 0.935 bits per heavy atom. The highest BCUT2D eigenvalue weighted by Crippen LogP contribution is 2.41. The molecule has 0 spiro atoms. The Labute approximate surface area is 169 Å². The summed E-state index contributed by atoms with van der Waals surface area (Å²) < 4.78 is 63.5. The fourth-order valence-electron chi connectivity index (χ4n) is 1.84. The zero-order valence-electron chi connectivity index (χ0n) is 15.3. The molecule has 1 fully saturated rings. The maximum absolute atomic E-state index is 11.0. The lowest BCUT2D eigenvalue weighted by Crippen LogP contribution is -2.21. The second-order valence-electron chi connectivity index (χ2n) is 6.14. The van der Waals surface area contributed by atoms with E-state index in [-0.39, 0.29) is 11.1 Å². The molecule has 2 heterocycles. The van der Waals surface area contributed by atoms with Crippen LogP contribution in [0.25, 0.3) is 11.1 Å². The molecule has 1 aliphatic rings. The molecule has 5 N–H and O–H groups in total. The van der Waals surface area contributed by atoms with Crippen LogP contribution in [0.5, 0.6) is 0 Å². The molecule has 0 radical (unpaired) electrons. The molecule has 0 amide bonds. The van der Waals surface area contributed by atoms with E-state index in [9.17, 15) is 31.1 Å². The number of nitrogens with one attached hydrogen (secondary N) is 1. The molecule has 14 heteroatoms. The molecule has 3 rings (SSSR count). The molecule has 2 aromatic rings. The van der Waals surface area contributed by atoms with Crippen LogP contribution in [0.3, 0.4) is 0 Å². The molecule has 0 aromatic carbocycles. The summed E-state index contributed by atoms with van der Waals surface area (Å²) in [6.45, 7) is 0. The number of aliphatic carboxylic acids is 2. The third-order valence-corrected chi connectivity index (χ3v) is 3.66. The number of nitrogens with zero attached hydrogens (tertiary/aromatic N) is 1. The molecule has 8 nitrogen and oxygen atoms in total. The number of hydrogen-bond acceptors (Lipinski definition) is 5. The number of hydrogen-bond donors (Lipinski definition) is 4. The van der Waals surface area contributed by atoms with Gasteiger partial charge in [-0.15, -0.1) is 0 Å². The highest BCUT2D eigenvalue weighted by molar-refractivity contribution is 5.73. The van der Waals surface area contributed by atoms with Crippen LogP contribution in [-0.4, -0.2) is 44.5 Å². The van der Waals surface area contributed by atoms with Crippen LogP contribution in [0.15, 0.2) is 41.5 Å². The third kappa shape index (κ3) is 8.46. The quantitative estimate of drug-likeness (QED) is 0.509. The number of carboxylic acid groups (broad SMARTS) is 2. The first-order valence-electron chi connectivity index (χ1n) is 8.11. The van der Waals surface area contributed by atoms with Crippen LogP contribution < -0.4 is 11.3 Å². The summed E-state index contributed by atoms with van der Waals surface area (Å²) >= 11 is 0. The Morgan fingerprint density at radius 2 is 1.39 bits per heavy atom. The number of nitrogens with two attached hydrogens (primary N) is 1. The van der Waals surface area contributed by atoms with Crippen molar-refractivity contribution >= 4 is 11.9 Å². The first kappa shape index (κ1) is 25.6. The van der Waals surface area contributed by atoms with Gasteiger partial charge in [-0.05, 0) is 30.5 Å². The molecule has 0 aliphatic heterocycles. The number of rotatable bonds is 2. The van der Waals surface area contributed by atoms with Crippen molar-refractivity contribution in [2.75, 3.05) is 0 Å². The zero-order valence-corrected chi connectivity index (χ0v) is 15.3. The smallest absolute Gasteiger partial charge is 0.475 e. The van der Waals surface area contributed by atoms with Gasteiger partial charge in [0.05, 0.1) is 11.2 Å². The Balaban J connectivity index is 0.000000288. The van der Waals surface area contributed by atoms with Gasteiger partial charge in [-0.1, -0.05) is 6.07 Å². The SMILES string of the molecule is NC1(c2ccc(-c3ccc(=O)[nH]c3)cn2)CC1.O=C(O)C(F)(F)F.O=C(O)C(F)(F)F. The molecule has 0 unspecified atom stereocenters. The summed E-state index contributed by atoms with van der Waals surface area (Å²) in [5, 5.41) is 14.2. The van der Waals surface area contributed by atoms with Crippen LogP contribution in [0.1, 0.15) is 18.5 Å². The number of H-pyrrole nitrogens is 1. The van der Waals surface area contributed by atoms with Gasteiger partial charge < -0.3 is 20.9 Å². The highest BCUT2D eigenvalue weighted by Gasteiger charge is 2.41. The Morgan fingerprint density at radius 3 is 1.68 bits per heavy atom. The number of halogens is 6.